The van der Waals surface area contributed by atoms with Gasteiger partial charge < -0.3 is 19.5 Å². The quantitative estimate of drug-likeness (QED) is 0.829. The van der Waals surface area contributed by atoms with E-state index < -0.39 is 0 Å². The van der Waals surface area contributed by atoms with E-state index in [9.17, 15) is 0 Å². The molecule has 0 amide bonds. The summed E-state index contributed by atoms with van der Waals surface area (Å²) in [4.78, 5) is 12.2. The molecule has 1 saturated heterocycles. The van der Waals surface area contributed by atoms with Gasteiger partial charge in [-0.3, -0.25) is 0 Å². The molecular formula is C11H18N4O3. The third kappa shape index (κ3) is 3.43. The smallest absolute Gasteiger partial charge is 0.324 e. The third-order valence-corrected chi connectivity index (χ3v) is 2.79. The molecule has 0 spiro atoms. The van der Waals surface area contributed by atoms with E-state index >= 15 is 0 Å². The highest BCUT2D eigenvalue weighted by Crippen LogP contribution is 2.17. The van der Waals surface area contributed by atoms with Crippen molar-refractivity contribution >= 4 is 5.95 Å². The van der Waals surface area contributed by atoms with E-state index in [1.54, 1.807) is 7.05 Å². The summed E-state index contributed by atoms with van der Waals surface area (Å²) in [6.45, 7) is 2.20. The molecule has 1 aliphatic heterocycles. The average molecular weight is 254 g/mol. The predicted molar refractivity (Wildman–Crippen MR) is 65.0 cm³/mol. The summed E-state index contributed by atoms with van der Waals surface area (Å²) < 4.78 is 15.9. The minimum atomic E-state index is 0.247. The molecule has 1 N–H and O–H groups in total. The fourth-order valence-electron chi connectivity index (χ4n) is 1.71. The summed E-state index contributed by atoms with van der Waals surface area (Å²) in [5, 5.41) is 2.84. The molecule has 2 rings (SSSR count). The molecule has 0 bridgehead atoms. The van der Waals surface area contributed by atoms with Crippen LogP contribution in [0.15, 0.2) is 0 Å². The lowest BCUT2D eigenvalue weighted by atomic mass is 10.0. The molecule has 0 aromatic carbocycles. The van der Waals surface area contributed by atoms with E-state index in [1.807, 2.05) is 0 Å². The van der Waals surface area contributed by atoms with Crippen LogP contribution < -0.4 is 14.8 Å². The predicted octanol–water partition coefficient (Wildman–Crippen LogP) is 0.727. The topological polar surface area (TPSA) is 78.4 Å². The van der Waals surface area contributed by atoms with Gasteiger partial charge in [0.1, 0.15) is 0 Å². The van der Waals surface area contributed by atoms with E-state index in [4.69, 9.17) is 14.2 Å². The first kappa shape index (κ1) is 12.8. The summed E-state index contributed by atoms with van der Waals surface area (Å²) in [7, 11) is 3.24. The number of methoxy groups -OCH3 is 1. The minimum absolute atomic E-state index is 0.247. The molecule has 1 fully saturated rings. The molecule has 18 heavy (non-hydrogen) atoms. The van der Waals surface area contributed by atoms with Crippen molar-refractivity contribution in [3.8, 4) is 12.0 Å². The first-order valence-corrected chi connectivity index (χ1v) is 6.00. The van der Waals surface area contributed by atoms with Gasteiger partial charge in [0.25, 0.3) is 0 Å². The largest absolute Gasteiger partial charge is 0.467 e. The van der Waals surface area contributed by atoms with E-state index in [0.717, 1.165) is 26.1 Å². The molecule has 1 aliphatic rings. The molecule has 100 valence electrons. The van der Waals surface area contributed by atoms with Crippen molar-refractivity contribution in [3.63, 3.8) is 0 Å². The van der Waals surface area contributed by atoms with Gasteiger partial charge in [-0.15, -0.1) is 4.98 Å². The van der Waals surface area contributed by atoms with Gasteiger partial charge in [0.15, 0.2) is 0 Å². The summed E-state index contributed by atoms with van der Waals surface area (Å²) in [5.41, 5.74) is 0. The first-order chi connectivity index (χ1) is 8.81. The summed E-state index contributed by atoms with van der Waals surface area (Å²) >= 11 is 0. The van der Waals surface area contributed by atoms with Crippen LogP contribution in [0.2, 0.25) is 0 Å². The van der Waals surface area contributed by atoms with Crippen LogP contribution in [0.3, 0.4) is 0 Å². The summed E-state index contributed by atoms with van der Waals surface area (Å²) in [6, 6.07) is 0.536. The van der Waals surface area contributed by atoms with E-state index in [2.05, 4.69) is 20.3 Å². The van der Waals surface area contributed by atoms with Crippen LogP contribution in [0.25, 0.3) is 0 Å². The Hall–Kier alpha value is -1.63. The lowest BCUT2D eigenvalue weighted by Crippen LogP contribution is -2.22. The average Bonchev–Trinajstić information content (AvgIpc) is 2.45. The number of hydrogen-bond acceptors (Lipinski definition) is 7. The highest BCUT2D eigenvalue weighted by molar-refractivity contribution is 5.26. The van der Waals surface area contributed by atoms with Crippen LogP contribution in [-0.4, -0.2) is 48.9 Å². The molecular weight excluding hydrogens is 236 g/mol. The lowest BCUT2D eigenvalue weighted by molar-refractivity contribution is 0.0481. The second-order valence-electron chi connectivity index (χ2n) is 4.05. The molecule has 0 aliphatic carbocycles. The zero-order valence-corrected chi connectivity index (χ0v) is 10.7. The van der Waals surface area contributed by atoms with Gasteiger partial charge in [-0.2, -0.15) is 9.97 Å². The molecule has 2 heterocycles. The van der Waals surface area contributed by atoms with Crippen LogP contribution >= 0.6 is 0 Å². The van der Waals surface area contributed by atoms with Crippen LogP contribution in [0.4, 0.5) is 5.95 Å². The van der Waals surface area contributed by atoms with Crippen molar-refractivity contribution in [1.82, 2.24) is 15.0 Å². The Labute approximate surface area is 106 Å². The minimum Gasteiger partial charge on any atom is -0.467 e. The van der Waals surface area contributed by atoms with E-state index in [0.29, 0.717) is 18.5 Å². The van der Waals surface area contributed by atoms with Crippen LogP contribution in [0, 0.1) is 5.92 Å². The van der Waals surface area contributed by atoms with Crippen molar-refractivity contribution in [2.24, 2.45) is 5.92 Å². The Morgan fingerprint density at radius 3 is 2.61 bits per heavy atom. The summed E-state index contributed by atoms with van der Waals surface area (Å²) in [6.07, 6.45) is 2.03. The van der Waals surface area contributed by atoms with Gasteiger partial charge in [0, 0.05) is 20.3 Å². The Morgan fingerprint density at radius 1 is 1.22 bits per heavy atom. The van der Waals surface area contributed by atoms with Gasteiger partial charge in [-0.1, -0.05) is 0 Å². The van der Waals surface area contributed by atoms with Crippen molar-refractivity contribution in [1.29, 1.82) is 0 Å². The molecule has 1 aromatic rings. The van der Waals surface area contributed by atoms with Crippen LogP contribution in [-0.2, 0) is 4.74 Å². The number of nitrogens with zero attached hydrogens (tertiary/aromatic N) is 3. The molecule has 1 aromatic heterocycles. The zero-order valence-electron chi connectivity index (χ0n) is 10.7. The number of rotatable bonds is 5. The van der Waals surface area contributed by atoms with Crippen molar-refractivity contribution in [2.45, 2.75) is 12.8 Å². The molecule has 0 unspecified atom stereocenters. The van der Waals surface area contributed by atoms with Crippen molar-refractivity contribution in [3.05, 3.63) is 0 Å². The van der Waals surface area contributed by atoms with E-state index in [-0.39, 0.29) is 12.0 Å². The zero-order chi connectivity index (χ0) is 12.8. The normalized spacial score (nSPS) is 16.3. The Balaban J connectivity index is 1.94. The Morgan fingerprint density at radius 2 is 1.94 bits per heavy atom. The van der Waals surface area contributed by atoms with Crippen molar-refractivity contribution in [2.75, 3.05) is 39.3 Å². The van der Waals surface area contributed by atoms with Crippen LogP contribution in [0.1, 0.15) is 12.8 Å². The second kappa shape index (κ2) is 6.34. The maximum atomic E-state index is 5.59. The van der Waals surface area contributed by atoms with Gasteiger partial charge in [0.05, 0.1) is 13.7 Å². The number of aromatic nitrogens is 3. The second-order valence-corrected chi connectivity index (χ2v) is 4.05. The number of ether oxygens (including phenoxy) is 3. The fourth-order valence-corrected chi connectivity index (χ4v) is 1.71. The van der Waals surface area contributed by atoms with Crippen LogP contribution in [0.5, 0.6) is 12.0 Å². The monoisotopic (exact) mass is 254 g/mol. The maximum Gasteiger partial charge on any atom is 0.324 e. The van der Waals surface area contributed by atoms with Gasteiger partial charge in [-0.05, 0) is 18.8 Å². The number of hydrogen-bond donors (Lipinski definition) is 1. The third-order valence-electron chi connectivity index (χ3n) is 2.79. The lowest BCUT2D eigenvalue weighted by Gasteiger charge is -2.21. The molecule has 0 radical (unpaired) electrons. The summed E-state index contributed by atoms with van der Waals surface area (Å²) in [5.74, 6) is 0.934. The van der Waals surface area contributed by atoms with Gasteiger partial charge in [0.2, 0.25) is 5.95 Å². The SMILES string of the molecule is CNc1nc(OC)nc(OCC2CCOCC2)n1. The van der Waals surface area contributed by atoms with Crippen molar-refractivity contribution < 1.29 is 14.2 Å². The van der Waals surface area contributed by atoms with E-state index in [1.165, 1.54) is 7.11 Å². The molecule has 0 atom stereocenters. The molecule has 0 saturated carbocycles. The Kier molecular flexibility index (Phi) is 4.52. The Bertz CT molecular complexity index is 360. The number of nitrogens with one attached hydrogen (secondary N) is 1. The number of anilines is 1. The molecule has 7 heteroatoms. The highest BCUT2D eigenvalue weighted by Gasteiger charge is 2.15. The molecule has 7 nitrogen and oxygen atoms in total. The first-order valence-electron chi connectivity index (χ1n) is 6.00. The van der Waals surface area contributed by atoms with Gasteiger partial charge in [-0.25, -0.2) is 0 Å². The standard InChI is InChI=1S/C11H18N4O3/c1-12-9-13-10(16-2)15-11(14-9)18-7-8-3-5-17-6-4-8/h8H,3-7H2,1-2H3,(H,12,13,14,15). The maximum absolute atomic E-state index is 5.59. The van der Waals surface area contributed by atoms with Gasteiger partial charge >= 0.3 is 12.0 Å². The highest BCUT2D eigenvalue weighted by atomic mass is 16.5. The fraction of sp³-hybridized carbons (Fsp3) is 0.727.